The van der Waals surface area contributed by atoms with E-state index < -0.39 is 5.82 Å². The van der Waals surface area contributed by atoms with Crippen LogP contribution in [-0.2, 0) is 16.0 Å². The summed E-state index contributed by atoms with van der Waals surface area (Å²) in [7, 11) is 3.09. The van der Waals surface area contributed by atoms with Crippen LogP contribution in [0.2, 0.25) is 0 Å². The molecule has 0 spiro atoms. The first-order valence-corrected chi connectivity index (χ1v) is 8.01. The van der Waals surface area contributed by atoms with E-state index in [-0.39, 0.29) is 23.9 Å². The summed E-state index contributed by atoms with van der Waals surface area (Å²) >= 11 is 0. The summed E-state index contributed by atoms with van der Waals surface area (Å²) < 4.78 is 24.3. The van der Waals surface area contributed by atoms with Gasteiger partial charge in [0.05, 0.1) is 19.9 Å². The molecule has 7 heteroatoms. The number of rotatable bonds is 7. The zero-order chi connectivity index (χ0) is 19.1. The lowest BCUT2D eigenvalue weighted by atomic mass is 10.1. The molecular weight excluding hydrogens is 339 g/mol. The second kappa shape index (κ2) is 8.84. The lowest BCUT2D eigenvalue weighted by molar-refractivity contribution is -0.116. The van der Waals surface area contributed by atoms with Gasteiger partial charge in [-0.25, -0.2) is 4.39 Å². The van der Waals surface area contributed by atoms with E-state index in [1.165, 1.54) is 25.1 Å². The third kappa shape index (κ3) is 5.20. The smallest absolute Gasteiger partial charge is 0.224 e. The van der Waals surface area contributed by atoms with E-state index in [4.69, 9.17) is 9.47 Å². The van der Waals surface area contributed by atoms with Gasteiger partial charge in [-0.15, -0.1) is 0 Å². The molecule has 0 heterocycles. The number of ether oxygens (including phenoxy) is 2. The van der Waals surface area contributed by atoms with Crippen molar-refractivity contribution in [2.45, 2.75) is 19.8 Å². The Balaban J connectivity index is 2.00. The number of nitrogens with one attached hydrogen (secondary N) is 2. The molecule has 0 aromatic heterocycles. The standard InChI is InChI=1S/C19H21FN2O4/c1-12(23)21-14-6-7-15(20)16(11-14)22-19(24)9-5-13-4-8-17(25-2)18(10-13)26-3/h4,6-8,10-11H,5,9H2,1-3H3,(H,21,23)(H,22,24). The molecule has 0 aliphatic carbocycles. The molecule has 26 heavy (non-hydrogen) atoms. The molecule has 2 aromatic rings. The van der Waals surface area contributed by atoms with Crippen LogP contribution in [0.5, 0.6) is 11.5 Å². The van der Waals surface area contributed by atoms with E-state index in [0.717, 1.165) is 5.56 Å². The topological polar surface area (TPSA) is 76.7 Å². The minimum atomic E-state index is -0.571. The quantitative estimate of drug-likeness (QED) is 0.794. The van der Waals surface area contributed by atoms with Crippen molar-refractivity contribution in [1.82, 2.24) is 0 Å². The number of hydrogen-bond donors (Lipinski definition) is 2. The highest BCUT2D eigenvalue weighted by Crippen LogP contribution is 2.28. The van der Waals surface area contributed by atoms with Gasteiger partial charge in [-0.3, -0.25) is 9.59 Å². The molecule has 0 fully saturated rings. The van der Waals surface area contributed by atoms with Gasteiger partial charge in [-0.1, -0.05) is 6.07 Å². The molecule has 138 valence electrons. The average molecular weight is 360 g/mol. The van der Waals surface area contributed by atoms with Crippen molar-refractivity contribution in [3.63, 3.8) is 0 Å². The lowest BCUT2D eigenvalue weighted by Gasteiger charge is -2.11. The molecule has 6 nitrogen and oxygen atoms in total. The van der Waals surface area contributed by atoms with Crippen molar-refractivity contribution >= 4 is 23.2 Å². The number of methoxy groups -OCH3 is 2. The third-order valence-electron chi connectivity index (χ3n) is 3.65. The van der Waals surface area contributed by atoms with Gasteiger partial charge in [-0.05, 0) is 42.3 Å². The molecule has 0 saturated heterocycles. The maximum absolute atomic E-state index is 13.9. The van der Waals surface area contributed by atoms with Crippen molar-refractivity contribution < 1.29 is 23.5 Å². The van der Waals surface area contributed by atoms with Crippen molar-refractivity contribution in [2.24, 2.45) is 0 Å². The molecule has 2 amide bonds. The van der Waals surface area contributed by atoms with Gasteiger partial charge in [0.1, 0.15) is 5.82 Å². The Morgan fingerprint density at radius 3 is 2.38 bits per heavy atom. The zero-order valence-electron chi connectivity index (χ0n) is 14.9. The largest absolute Gasteiger partial charge is 0.493 e. The van der Waals surface area contributed by atoms with Crippen LogP contribution in [0.4, 0.5) is 15.8 Å². The van der Waals surface area contributed by atoms with Crippen LogP contribution < -0.4 is 20.1 Å². The fourth-order valence-corrected chi connectivity index (χ4v) is 2.41. The number of anilines is 2. The molecule has 0 bridgehead atoms. The molecule has 2 N–H and O–H groups in total. The minimum Gasteiger partial charge on any atom is -0.493 e. The predicted molar refractivity (Wildman–Crippen MR) is 97.2 cm³/mol. The summed E-state index contributed by atoms with van der Waals surface area (Å²) in [5.74, 6) is 0.0107. The summed E-state index contributed by atoms with van der Waals surface area (Å²) in [5, 5.41) is 5.07. The van der Waals surface area contributed by atoms with E-state index in [1.54, 1.807) is 26.4 Å². The summed E-state index contributed by atoms with van der Waals surface area (Å²) in [4.78, 5) is 23.2. The second-order valence-electron chi connectivity index (χ2n) is 5.61. The zero-order valence-corrected chi connectivity index (χ0v) is 14.9. The van der Waals surface area contributed by atoms with E-state index in [9.17, 15) is 14.0 Å². The highest BCUT2D eigenvalue weighted by Gasteiger charge is 2.10. The first-order chi connectivity index (χ1) is 12.4. The number of carbonyl (C=O) groups is 2. The Kier molecular flexibility index (Phi) is 6.54. The second-order valence-corrected chi connectivity index (χ2v) is 5.61. The van der Waals surface area contributed by atoms with Crippen LogP contribution in [0.1, 0.15) is 18.9 Å². The highest BCUT2D eigenvalue weighted by molar-refractivity contribution is 5.93. The maximum atomic E-state index is 13.9. The van der Waals surface area contributed by atoms with Gasteiger partial charge < -0.3 is 20.1 Å². The normalized spacial score (nSPS) is 10.2. The molecule has 0 aliphatic heterocycles. The van der Waals surface area contributed by atoms with Gasteiger partial charge in [0, 0.05) is 19.0 Å². The number of halogens is 1. The van der Waals surface area contributed by atoms with Gasteiger partial charge in [-0.2, -0.15) is 0 Å². The molecular formula is C19H21FN2O4. The van der Waals surface area contributed by atoms with Gasteiger partial charge >= 0.3 is 0 Å². The van der Waals surface area contributed by atoms with Crippen LogP contribution in [0.25, 0.3) is 0 Å². The fraction of sp³-hybridized carbons (Fsp3) is 0.263. The Morgan fingerprint density at radius 1 is 1.00 bits per heavy atom. The number of aryl methyl sites for hydroxylation is 1. The number of carbonyl (C=O) groups excluding carboxylic acids is 2. The summed E-state index contributed by atoms with van der Waals surface area (Å²) in [6.45, 7) is 1.35. The van der Waals surface area contributed by atoms with Crippen LogP contribution in [0, 0.1) is 5.82 Å². The first-order valence-electron chi connectivity index (χ1n) is 8.01. The van der Waals surface area contributed by atoms with Crippen LogP contribution in [0.3, 0.4) is 0 Å². The monoisotopic (exact) mass is 360 g/mol. The summed E-state index contributed by atoms with van der Waals surface area (Å²) in [5.41, 5.74) is 1.33. The van der Waals surface area contributed by atoms with E-state index in [0.29, 0.717) is 23.6 Å². The van der Waals surface area contributed by atoms with Crippen molar-refractivity contribution in [1.29, 1.82) is 0 Å². The Bertz CT molecular complexity index is 808. The highest BCUT2D eigenvalue weighted by atomic mass is 19.1. The Hall–Kier alpha value is -3.09. The van der Waals surface area contributed by atoms with Gasteiger partial charge in [0.25, 0.3) is 0 Å². The molecule has 2 rings (SSSR count). The average Bonchev–Trinajstić information content (AvgIpc) is 2.62. The molecule has 2 aromatic carbocycles. The van der Waals surface area contributed by atoms with E-state index in [1.807, 2.05) is 6.07 Å². The van der Waals surface area contributed by atoms with Crippen molar-refractivity contribution in [2.75, 3.05) is 24.9 Å². The van der Waals surface area contributed by atoms with Gasteiger partial charge in [0.15, 0.2) is 11.5 Å². The molecule has 0 unspecified atom stereocenters. The van der Waals surface area contributed by atoms with E-state index >= 15 is 0 Å². The number of benzene rings is 2. The lowest BCUT2D eigenvalue weighted by Crippen LogP contribution is -2.14. The molecule has 0 radical (unpaired) electrons. The molecule has 0 aliphatic rings. The summed E-state index contributed by atoms with van der Waals surface area (Å²) in [6, 6.07) is 9.40. The van der Waals surface area contributed by atoms with Crippen LogP contribution >= 0.6 is 0 Å². The maximum Gasteiger partial charge on any atom is 0.224 e. The van der Waals surface area contributed by atoms with Gasteiger partial charge in [0.2, 0.25) is 11.8 Å². The Morgan fingerprint density at radius 2 is 1.73 bits per heavy atom. The Labute approximate surface area is 151 Å². The molecule has 0 saturated carbocycles. The molecule has 0 atom stereocenters. The fourth-order valence-electron chi connectivity index (χ4n) is 2.41. The SMILES string of the molecule is COc1ccc(CCC(=O)Nc2cc(NC(C)=O)ccc2F)cc1OC. The van der Waals surface area contributed by atoms with Crippen molar-refractivity contribution in [3.05, 3.63) is 47.8 Å². The van der Waals surface area contributed by atoms with Crippen LogP contribution in [0.15, 0.2) is 36.4 Å². The number of amides is 2. The predicted octanol–water partition coefficient (Wildman–Crippen LogP) is 3.37. The number of hydrogen-bond acceptors (Lipinski definition) is 4. The third-order valence-corrected chi connectivity index (χ3v) is 3.65. The minimum absolute atomic E-state index is 0.0218. The first kappa shape index (κ1) is 19.2. The van der Waals surface area contributed by atoms with Crippen molar-refractivity contribution in [3.8, 4) is 11.5 Å². The van der Waals surface area contributed by atoms with E-state index in [2.05, 4.69) is 10.6 Å². The van der Waals surface area contributed by atoms with Crippen LogP contribution in [-0.4, -0.2) is 26.0 Å². The summed E-state index contributed by atoms with van der Waals surface area (Å²) in [6.07, 6.45) is 0.623.